The molecule has 0 saturated heterocycles. The lowest BCUT2D eigenvalue weighted by molar-refractivity contribution is 0.281. The van der Waals surface area contributed by atoms with Crippen molar-refractivity contribution in [3.05, 3.63) is 48.0 Å². The van der Waals surface area contributed by atoms with E-state index >= 15 is 0 Å². The fourth-order valence-electron chi connectivity index (χ4n) is 1.76. The largest absolute Gasteiger partial charge is 0.469 e. The summed E-state index contributed by atoms with van der Waals surface area (Å²) in [7, 11) is -3.67. The van der Waals surface area contributed by atoms with Crippen molar-refractivity contribution in [3.63, 3.8) is 0 Å². The summed E-state index contributed by atoms with van der Waals surface area (Å²) in [5, 5.41) is 8.84. The first kappa shape index (κ1) is 14.7. The molecule has 0 saturated carbocycles. The van der Waals surface area contributed by atoms with Crippen LogP contribution in [0.15, 0.2) is 46.2 Å². The average Bonchev–Trinajstić information content (AvgIpc) is 2.91. The van der Waals surface area contributed by atoms with Gasteiger partial charge in [-0.2, -0.15) is 0 Å². The van der Waals surface area contributed by atoms with E-state index in [4.69, 9.17) is 9.52 Å². The van der Waals surface area contributed by atoms with E-state index in [1.807, 2.05) is 0 Å². The van der Waals surface area contributed by atoms with Crippen LogP contribution in [0.5, 0.6) is 0 Å². The van der Waals surface area contributed by atoms with Crippen molar-refractivity contribution in [2.75, 3.05) is 0 Å². The fourth-order valence-corrected chi connectivity index (χ4v) is 2.93. The highest BCUT2D eigenvalue weighted by molar-refractivity contribution is 7.89. The molecule has 0 aliphatic rings. The van der Waals surface area contributed by atoms with Crippen LogP contribution in [0.4, 0.5) is 0 Å². The standard InChI is InChI=1S/C13H16N2O4S/c1-10(7-12-3-2-6-19-12)15-20(17,18)13-5-4-11(9-16)8-14-13/h2-6,8,10,15-16H,7,9H2,1H3. The van der Waals surface area contributed by atoms with Gasteiger partial charge in [-0.1, -0.05) is 6.07 Å². The molecule has 0 aliphatic carbocycles. The summed E-state index contributed by atoms with van der Waals surface area (Å²) in [6.07, 6.45) is 3.35. The van der Waals surface area contributed by atoms with E-state index < -0.39 is 10.0 Å². The van der Waals surface area contributed by atoms with E-state index in [0.29, 0.717) is 17.7 Å². The van der Waals surface area contributed by atoms with Crippen molar-refractivity contribution in [1.82, 2.24) is 9.71 Å². The molecule has 2 heterocycles. The molecule has 2 rings (SSSR count). The SMILES string of the molecule is CC(Cc1ccco1)NS(=O)(=O)c1ccc(CO)cn1. The fraction of sp³-hybridized carbons (Fsp3) is 0.308. The molecule has 2 N–H and O–H groups in total. The van der Waals surface area contributed by atoms with Gasteiger partial charge < -0.3 is 9.52 Å². The number of furan rings is 1. The van der Waals surface area contributed by atoms with Crippen molar-refractivity contribution >= 4 is 10.0 Å². The van der Waals surface area contributed by atoms with Crippen LogP contribution in [0.3, 0.4) is 0 Å². The van der Waals surface area contributed by atoms with E-state index in [1.165, 1.54) is 18.3 Å². The van der Waals surface area contributed by atoms with Gasteiger partial charge in [0.1, 0.15) is 5.76 Å². The molecule has 108 valence electrons. The molecule has 20 heavy (non-hydrogen) atoms. The summed E-state index contributed by atoms with van der Waals surface area (Å²) < 4.78 is 31.9. The van der Waals surface area contributed by atoms with Crippen LogP contribution in [0.25, 0.3) is 0 Å². The van der Waals surface area contributed by atoms with Crippen LogP contribution < -0.4 is 4.72 Å². The second-order valence-corrected chi connectivity index (χ2v) is 6.13. The van der Waals surface area contributed by atoms with Gasteiger partial charge in [-0.3, -0.25) is 0 Å². The number of nitrogens with zero attached hydrogens (tertiary/aromatic N) is 1. The zero-order valence-electron chi connectivity index (χ0n) is 11.0. The maximum absolute atomic E-state index is 12.1. The molecule has 1 unspecified atom stereocenters. The second kappa shape index (κ2) is 6.17. The normalized spacial score (nSPS) is 13.3. The lowest BCUT2D eigenvalue weighted by atomic mass is 10.2. The van der Waals surface area contributed by atoms with E-state index in [1.54, 1.807) is 25.3 Å². The van der Waals surface area contributed by atoms with Crippen LogP contribution in [0.1, 0.15) is 18.2 Å². The molecule has 7 heteroatoms. The lowest BCUT2D eigenvalue weighted by Gasteiger charge is -2.12. The summed E-state index contributed by atoms with van der Waals surface area (Å²) in [6, 6.07) is 6.13. The highest BCUT2D eigenvalue weighted by Gasteiger charge is 2.19. The Morgan fingerprint density at radius 3 is 2.75 bits per heavy atom. The quantitative estimate of drug-likeness (QED) is 0.832. The van der Waals surface area contributed by atoms with Crippen LogP contribution in [0.2, 0.25) is 0 Å². The molecule has 6 nitrogen and oxygen atoms in total. The van der Waals surface area contributed by atoms with Crippen LogP contribution >= 0.6 is 0 Å². The Kier molecular flexibility index (Phi) is 4.53. The van der Waals surface area contributed by atoms with Crippen molar-refractivity contribution in [2.24, 2.45) is 0 Å². The number of aliphatic hydroxyl groups is 1. The van der Waals surface area contributed by atoms with E-state index in [9.17, 15) is 8.42 Å². The van der Waals surface area contributed by atoms with E-state index in [2.05, 4.69) is 9.71 Å². The average molecular weight is 296 g/mol. The molecule has 0 aromatic carbocycles. The van der Waals surface area contributed by atoms with Gasteiger partial charge in [-0.15, -0.1) is 0 Å². The number of sulfonamides is 1. The third-order valence-corrected chi connectivity index (χ3v) is 4.20. The number of nitrogens with one attached hydrogen (secondary N) is 1. The zero-order chi connectivity index (χ0) is 14.6. The molecular weight excluding hydrogens is 280 g/mol. The summed E-state index contributed by atoms with van der Waals surface area (Å²) in [5.41, 5.74) is 0.563. The third-order valence-electron chi connectivity index (χ3n) is 2.70. The zero-order valence-corrected chi connectivity index (χ0v) is 11.8. The number of aliphatic hydroxyl groups excluding tert-OH is 1. The van der Waals surface area contributed by atoms with Crippen LogP contribution in [-0.2, 0) is 23.1 Å². The Labute approximate surface area is 117 Å². The molecule has 0 spiro atoms. The Balaban J connectivity index is 2.05. The van der Waals surface area contributed by atoms with Gasteiger partial charge in [0.05, 0.1) is 12.9 Å². The minimum atomic E-state index is -3.67. The molecule has 2 aromatic rings. The molecule has 1 atom stereocenters. The summed E-state index contributed by atoms with van der Waals surface area (Å²) in [4.78, 5) is 3.84. The van der Waals surface area contributed by atoms with Gasteiger partial charge in [0.2, 0.25) is 0 Å². The Morgan fingerprint density at radius 2 is 2.20 bits per heavy atom. The molecule has 2 aromatic heterocycles. The molecule has 0 fully saturated rings. The summed E-state index contributed by atoms with van der Waals surface area (Å²) in [6.45, 7) is 1.58. The van der Waals surface area contributed by atoms with E-state index in [0.717, 1.165) is 0 Å². The highest BCUT2D eigenvalue weighted by atomic mass is 32.2. The Morgan fingerprint density at radius 1 is 1.40 bits per heavy atom. The first-order chi connectivity index (χ1) is 9.51. The first-order valence-electron chi connectivity index (χ1n) is 6.12. The minimum Gasteiger partial charge on any atom is -0.469 e. The second-order valence-electron chi connectivity index (χ2n) is 4.47. The number of hydrogen-bond donors (Lipinski definition) is 2. The number of pyridine rings is 1. The van der Waals surface area contributed by atoms with Gasteiger partial charge in [-0.05, 0) is 30.7 Å². The molecule has 0 radical (unpaired) electrons. The van der Waals surface area contributed by atoms with Crippen molar-refractivity contribution in [3.8, 4) is 0 Å². The maximum atomic E-state index is 12.1. The van der Waals surface area contributed by atoms with Gasteiger partial charge in [0.15, 0.2) is 5.03 Å². The Hall–Kier alpha value is -1.70. The predicted molar refractivity (Wildman–Crippen MR) is 72.4 cm³/mol. The molecule has 0 amide bonds. The highest BCUT2D eigenvalue weighted by Crippen LogP contribution is 2.10. The first-order valence-corrected chi connectivity index (χ1v) is 7.60. The topological polar surface area (TPSA) is 92.4 Å². The molecular formula is C13H16N2O4S. The van der Waals surface area contributed by atoms with Gasteiger partial charge in [-0.25, -0.2) is 18.1 Å². The van der Waals surface area contributed by atoms with Gasteiger partial charge in [0, 0.05) is 18.7 Å². The minimum absolute atomic E-state index is 0.0685. The Bertz CT molecular complexity index is 636. The predicted octanol–water partition coefficient (Wildman–Crippen LogP) is 1.08. The summed E-state index contributed by atoms with van der Waals surface area (Å²) >= 11 is 0. The molecule has 0 aliphatic heterocycles. The lowest BCUT2D eigenvalue weighted by Crippen LogP contribution is -2.34. The molecule has 0 bridgehead atoms. The van der Waals surface area contributed by atoms with Crippen molar-refractivity contribution in [1.29, 1.82) is 0 Å². The number of hydrogen-bond acceptors (Lipinski definition) is 5. The monoisotopic (exact) mass is 296 g/mol. The van der Waals surface area contributed by atoms with Gasteiger partial charge >= 0.3 is 0 Å². The van der Waals surface area contributed by atoms with Crippen LogP contribution in [0, 0.1) is 0 Å². The van der Waals surface area contributed by atoms with Gasteiger partial charge in [0.25, 0.3) is 10.0 Å². The van der Waals surface area contributed by atoms with E-state index in [-0.39, 0.29) is 17.7 Å². The van der Waals surface area contributed by atoms with Crippen molar-refractivity contribution < 1.29 is 17.9 Å². The third kappa shape index (κ3) is 3.66. The summed E-state index contributed by atoms with van der Waals surface area (Å²) in [5.74, 6) is 0.712. The number of rotatable bonds is 6. The van der Waals surface area contributed by atoms with Crippen molar-refractivity contribution in [2.45, 2.75) is 31.0 Å². The maximum Gasteiger partial charge on any atom is 0.258 e. The smallest absolute Gasteiger partial charge is 0.258 e. The van der Waals surface area contributed by atoms with Crippen LogP contribution in [-0.4, -0.2) is 24.6 Å². The number of aromatic nitrogens is 1.